The van der Waals surface area contributed by atoms with Gasteiger partial charge in [0, 0.05) is 18.9 Å². The lowest BCUT2D eigenvalue weighted by atomic mass is 10.7. The van der Waals surface area contributed by atoms with Crippen LogP contribution in [0.25, 0.3) is 0 Å². The van der Waals surface area contributed by atoms with Crippen LogP contribution < -0.4 is 0 Å². The van der Waals surface area contributed by atoms with Gasteiger partial charge >= 0.3 is 0 Å². The number of hydrogen-bond acceptors (Lipinski definition) is 1. The summed E-state index contributed by atoms with van der Waals surface area (Å²) >= 11 is 0. The fourth-order valence-corrected chi connectivity index (χ4v) is 0.488. The number of nitrogens with zero attached hydrogens (tertiary/aromatic N) is 2. The van der Waals surface area contributed by atoms with Gasteiger partial charge in [0.15, 0.2) is 0 Å². The van der Waals surface area contributed by atoms with Crippen LogP contribution in [-0.4, -0.2) is 9.78 Å². The van der Waals surface area contributed by atoms with Gasteiger partial charge in [-0.3, -0.25) is 4.68 Å². The molecule has 0 aromatic carbocycles. The van der Waals surface area contributed by atoms with Crippen LogP contribution in [0.2, 0.25) is 0 Å². The Kier molecular flexibility index (Phi) is 3.28. The Bertz CT molecular complexity index is 125. The lowest BCUT2D eigenvalue weighted by molar-refractivity contribution is 0.660. The summed E-state index contributed by atoms with van der Waals surface area (Å²) in [5, 5.41) is 3.95. The summed E-state index contributed by atoms with van der Waals surface area (Å²) in [7, 11) is 0. The van der Waals surface area contributed by atoms with E-state index in [0.717, 1.165) is 6.54 Å². The monoisotopic (exact) mass is 132 g/mol. The molecule has 1 aromatic rings. The molecule has 1 aromatic heterocycles. The van der Waals surface area contributed by atoms with Gasteiger partial charge in [0.05, 0.1) is 0 Å². The van der Waals surface area contributed by atoms with Crippen LogP contribution >= 0.6 is 12.4 Å². The first-order chi connectivity index (χ1) is 3.43. The van der Waals surface area contributed by atoms with Gasteiger partial charge in [-0.2, -0.15) is 5.10 Å². The molecule has 3 heteroatoms. The van der Waals surface area contributed by atoms with E-state index in [4.69, 9.17) is 0 Å². The van der Waals surface area contributed by atoms with Gasteiger partial charge in [-0.15, -0.1) is 12.4 Å². The highest BCUT2D eigenvalue weighted by Crippen LogP contribution is 1.79. The van der Waals surface area contributed by atoms with Gasteiger partial charge in [0.2, 0.25) is 0 Å². The van der Waals surface area contributed by atoms with E-state index >= 15 is 0 Å². The number of halogens is 1. The molecule has 2 nitrogen and oxygen atoms in total. The second kappa shape index (κ2) is 3.50. The molecule has 0 aliphatic heterocycles. The molecular formula is C5H9ClN2. The van der Waals surface area contributed by atoms with Gasteiger partial charge in [-0.1, -0.05) is 0 Å². The van der Waals surface area contributed by atoms with Gasteiger partial charge < -0.3 is 0 Å². The highest BCUT2D eigenvalue weighted by molar-refractivity contribution is 5.85. The predicted octanol–water partition coefficient (Wildman–Crippen LogP) is 1.32. The minimum absolute atomic E-state index is 0. The van der Waals surface area contributed by atoms with E-state index in [1.807, 2.05) is 16.9 Å². The molecule has 0 spiro atoms. The van der Waals surface area contributed by atoms with Crippen molar-refractivity contribution in [3.05, 3.63) is 18.5 Å². The largest absolute Gasteiger partial charge is 0.273 e. The fraction of sp³-hybridized carbons (Fsp3) is 0.400. The summed E-state index contributed by atoms with van der Waals surface area (Å²) in [6.45, 7) is 3.03. The Balaban J connectivity index is 0.000000490. The van der Waals surface area contributed by atoms with Crippen molar-refractivity contribution in [2.45, 2.75) is 13.5 Å². The normalized spacial score (nSPS) is 8.12. The molecule has 0 saturated heterocycles. The Morgan fingerprint density at radius 2 is 2.38 bits per heavy atom. The Labute approximate surface area is 54.9 Å². The standard InChI is InChI=1S/C5H8N2.ClH/c1-2-7-5-3-4-6-7;/h3-5H,2H2,1H3;1H. The first-order valence-electron chi connectivity index (χ1n) is 2.41. The van der Waals surface area contributed by atoms with E-state index in [2.05, 4.69) is 12.0 Å². The SMILES string of the molecule is CCn1cccn1.Cl. The second-order valence-corrected chi connectivity index (χ2v) is 1.36. The van der Waals surface area contributed by atoms with Gasteiger partial charge in [0.1, 0.15) is 0 Å². The van der Waals surface area contributed by atoms with Crippen LogP contribution in [-0.2, 0) is 6.54 Å². The number of hydrogen-bond donors (Lipinski definition) is 0. The summed E-state index contributed by atoms with van der Waals surface area (Å²) in [6, 6.07) is 1.92. The van der Waals surface area contributed by atoms with Crippen molar-refractivity contribution in [3.63, 3.8) is 0 Å². The zero-order valence-corrected chi connectivity index (χ0v) is 5.56. The maximum atomic E-state index is 3.95. The molecule has 0 N–H and O–H groups in total. The first-order valence-corrected chi connectivity index (χ1v) is 2.41. The number of rotatable bonds is 1. The van der Waals surface area contributed by atoms with Gasteiger partial charge in [-0.25, -0.2) is 0 Å². The van der Waals surface area contributed by atoms with Crippen LogP contribution in [0.15, 0.2) is 18.5 Å². The van der Waals surface area contributed by atoms with Crippen molar-refractivity contribution >= 4 is 12.4 Å². The summed E-state index contributed by atoms with van der Waals surface area (Å²) in [5.41, 5.74) is 0. The van der Waals surface area contributed by atoms with E-state index in [-0.39, 0.29) is 12.4 Å². The van der Waals surface area contributed by atoms with Crippen LogP contribution in [0.5, 0.6) is 0 Å². The van der Waals surface area contributed by atoms with Crippen LogP contribution in [0.3, 0.4) is 0 Å². The van der Waals surface area contributed by atoms with E-state index < -0.39 is 0 Å². The molecule has 1 heterocycles. The summed E-state index contributed by atoms with van der Waals surface area (Å²) < 4.78 is 1.88. The maximum absolute atomic E-state index is 3.95. The Morgan fingerprint density at radius 3 is 2.62 bits per heavy atom. The molecule has 0 aliphatic rings. The van der Waals surface area contributed by atoms with Crippen LogP contribution in [0, 0.1) is 0 Å². The van der Waals surface area contributed by atoms with E-state index in [1.54, 1.807) is 6.20 Å². The minimum atomic E-state index is 0. The average Bonchev–Trinajstić information content (AvgIpc) is 2.14. The summed E-state index contributed by atoms with van der Waals surface area (Å²) in [5.74, 6) is 0. The third-order valence-electron chi connectivity index (χ3n) is 0.883. The molecular weight excluding hydrogens is 124 g/mol. The van der Waals surface area contributed by atoms with Crippen molar-refractivity contribution in [3.8, 4) is 0 Å². The third-order valence-corrected chi connectivity index (χ3v) is 0.883. The zero-order valence-electron chi connectivity index (χ0n) is 4.74. The van der Waals surface area contributed by atoms with Crippen molar-refractivity contribution < 1.29 is 0 Å². The first kappa shape index (κ1) is 7.50. The average molecular weight is 133 g/mol. The fourth-order valence-electron chi connectivity index (χ4n) is 0.488. The molecule has 0 atom stereocenters. The topological polar surface area (TPSA) is 17.8 Å². The second-order valence-electron chi connectivity index (χ2n) is 1.36. The Hall–Kier alpha value is -0.500. The van der Waals surface area contributed by atoms with Crippen molar-refractivity contribution in [2.75, 3.05) is 0 Å². The number of aryl methyl sites for hydroxylation is 1. The van der Waals surface area contributed by atoms with Crippen LogP contribution in [0.4, 0.5) is 0 Å². The quantitative estimate of drug-likeness (QED) is 0.564. The maximum Gasteiger partial charge on any atom is 0.0489 e. The highest BCUT2D eigenvalue weighted by atomic mass is 35.5. The van der Waals surface area contributed by atoms with Crippen LogP contribution in [0.1, 0.15) is 6.92 Å². The van der Waals surface area contributed by atoms with E-state index in [9.17, 15) is 0 Å². The third kappa shape index (κ3) is 1.54. The summed E-state index contributed by atoms with van der Waals surface area (Å²) in [4.78, 5) is 0. The molecule has 0 fully saturated rings. The molecule has 0 aliphatic carbocycles. The minimum Gasteiger partial charge on any atom is -0.273 e. The molecule has 0 saturated carbocycles. The predicted molar refractivity (Wildman–Crippen MR) is 35.1 cm³/mol. The lowest BCUT2D eigenvalue weighted by Gasteiger charge is -1.87. The van der Waals surface area contributed by atoms with E-state index in [0.29, 0.717) is 0 Å². The lowest BCUT2D eigenvalue weighted by Crippen LogP contribution is -1.91. The highest BCUT2D eigenvalue weighted by Gasteiger charge is 1.77. The molecule has 1 rings (SSSR count). The van der Waals surface area contributed by atoms with Gasteiger partial charge in [0.25, 0.3) is 0 Å². The molecule has 46 valence electrons. The van der Waals surface area contributed by atoms with E-state index in [1.165, 1.54) is 0 Å². The molecule has 0 amide bonds. The van der Waals surface area contributed by atoms with Crippen molar-refractivity contribution in [1.82, 2.24) is 9.78 Å². The van der Waals surface area contributed by atoms with Crippen molar-refractivity contribution in [2.24, 2.45) is 0 Å². The van der Waals surface area contributed by atoms with Gasteiger partial charge in [-0.05, 0) is 13.0 Å². The molecule has 0 bridgehead atoms. The number of aromatic nitrogens is 2. The zero-order chi connectivity index (χ0) is 5.11. The Morgan fingerprint density at radius 1 is 1.62 bits per heavy atom. The molecule has 8 heavy (non-hydrogen) atoms. The smallest absolute Gasteiger partial charge is 0.0489 e. The van der Waals surface area contributed by atoms with Crippen molar-refractivity contribution in [1.29, 1.82) is 0 Å². The summed E-state index contributed by atoms with van der Waals surface area (Å²) in [6.07, 6.45) is 3.73. The molecule has 0 radical (unpaired) electrons. The molecule has 0 unspecified atom stereocenters.